The SMILES string of the molecule is COC.O=CC1CCN(CC(F)F)C1. The van der Waals surface area contributed by atoms with Crippen LogP contribution in [0.1, 0.15) is 6.42 Å². The highest BCUT2D eigenvalue weighted by molar-refractivity contribution is 5.54. The van der Waals surface area contributed by atoms with Gasteiger partial charge in [0, 0.05) is 26.7 Å². The van der Waals surface area contributed by atoms with Gasteiger partial charge in [0.1, 0.15) is 6.29 Å². The van der Waals surface area contributed by atoms with E-state index in [0.717, 1.165) is 12.7 Å². The third kappa shape index (κ3) is 5.99. The highest BCUT2D eigenvalue weighted by Gasteiger charge is 2.23. The summed E-state index contributed by atoms with van der Waals surface area (Å²) in [6, 6.07) is 0. The molecule has 84 valence electrons. The molecular weight excluding hydrogens is 192 g/mol. The monoisotopic (exact) mass is 209 g/mol. The first-order chi connectivity index (χ1) is 6.63. The zero-order valence-corrected chi connectivity index (χ0v) is 8.58. The van der Waals surface area contributed by atoms with E-state index in [1.165, 1.54) is 0 Å². The Morgan fingerprint density at radius 1 is 1.57 bits per heavy atom. The summed E-state index contributed by atoms with van der Waals surface area (Å²) in [4.78, 5) is 11.9. The topological polar surface area (TPSA) is 29.5 Å². The lowest BCUT2D eigenvalue weighted by molar-refractivity contribution is -0.110. The molecule has 1 fully saturated rings. The molecular formula is C9H17F2NO2. The molecule has 0 bridgehead atoms. The Balaban J connectivity index is 0.000000500. The second-order valence-electron chi connectivity index (χ2n) is 3.24. The van der Waals surface area contributed by atoms with E-state index in [0.29, 0.717) is 13.1 Å². The van der Waals surface area contributed by atoms with E-state index >= 15 is 0 Å². The zero-order chi connectivity index (χ0) is 11.0. The van der Waals surface area contributed by atoms with E-state index in [9.17, 15) is 13.6 Å². The van der Waals surface area contributed by atoms with Crippen LogP contribution in [0.2, 0.25) is 0 Å². The van der Waals surface area contributed by atoms with E-state index < -0.39 is 6.43 Å². The Bertz CT molecular complexity index is 156. The van der Waals surface area contributed by atoms with Crippen LogP contribution in [0.25, 0.3) is 0 Å². The first-order valence-electron chi connectivity index (χ1n) is 4.50. The molecule has 1 aliphatic rings. The molecule has 0 N–H and O–H groups in total. The zero-order valence-electron chi connectivity index (χ0n) is 8.58. The fourth-order valence-corrected chi connectivity index (χ4v) is 1.33. The quantitative estimate of drug-likeness (QED) is 0.650. The van der Waals surface area contributed by atoms with Crippen LogP contribution in [-0.4, -0.2) is 51.5 Å². The lowest BCUT2D eigenvalue weighted by Gasteiger charge is -2.12. The van der Waals surface area contributed by atoms with Crippen LogP contribution in [0.5, 0.6) is 0 Å². The minimum Gasteiger partial charge on any atom is -0.388 e. The molecule has 0 amide bonds. The number of hydrogen-bond acceptors (Lipinski definition) is 3. The number of hydrogen-bond donors (Lipinski definition) is 0. The predicted molar refractivity (Wildman–Crippen MR) is 49.5 cm³/mol. The standard InChI is InChI=1S/C7H11F2NO.C2H6O/c8-7(9)4-10-2-1-6(3-10)5-11;1-3-2/h5-7H,1-4H2;1-2H3. The van der Waals surface area contributed by atoms with Crippen molar-refractivity contribution in [1.82, 2.24) is 4.90 Å². The van der Waals surface area contributed by atoms with Crippen molar-refractivity contribution < 1.29 is 18.3 Å². The lowest BCUT2D eigenvalue weighted by Crippen LogP contribution is -2.26. The Labute approximate surface area is 83.0 Å². The van der Waals surface area contributed by atoms with Crippen LogP contribution >= 0.6 is 0 Å². The van der Waals surface area contributed by atoms with Crippen LogP contribution < -0.4 is 0 Å². The number of ether oxygens (including phenoxy) is 1. The Kier molecular flexibility index (Phi) is 7.51. The van der Waals surface area contributed by atoms with E-state index in [-0.39, 0.29) is 12.5 Å². The van der Waals surface area contributed by atoms with Gasteiger partial charge in [0.05, 0.1) is 6.54 Å². The van der Waals surface area contributed by atoms with Crippen molar-refractivity contribution in [2.45, 2.75) is 12.8 Å². The molecule has 0 aromatic rings. The van der Waals surface area contributed by atoms with E-state index in [2.05, 4.69) is 4.74 Å². The van der Waals surface area contributed by atoms with Crippen molar-refractivity contribution in [3.8, 4) is 0 Å². The smallest absolute Gasteiger partial charge is 0.251 e. The van der Waals surface area contributed by atoms with Gasteiger partial charge < -0.3 is 9.53 Å². The number of carbonyl (C=O) groups excluding carboxylic acids is 1. The number of methoxy groups -OCH3 is 1. The van der Waals surface area contributed by atoms with E-state index in [1.54, 1.807) is 19.1 Å². The highest BCUT2D eigenvalue weighted by Crippen LogP contribution is 2.14. The molecule has 1 atom stereocenters. The number of aldehydes is 1. The summed E-state index contributed by atoms with van der Waals surface area (Å²) in [7, 11) is 3.25. The largest absolute Gasteiger partial charge is 0.388 e. The Morgan fingerprint density at radius 2 is 2.14 bits per heavy atom. The second-order valence-corrected chi connectivity index (χ2v) is 3.24. The van der Waals surface area contributed by atoms with Gasteiger partial charge in [-0.2, -0.15) is 0 Å². The molecule has 1 aliphatic heterocycles. The van der Waals surface area contributed by atoms with Crippen LogP contribution in [-0.2, 0) is 9.53 Å². The minimum atomic E-state index is -2.28. The van der Waals surface area contributed by atoms with Gasteiger partial charge in [-0.3, -0.25) is 4.90 Å². The van der Waals surface area contributed by atoms with Crippen molar-refractivity contribution in [1.29, 1.82) is 0 Å². The number of nitrogens with zero attached hydrogens (tertiary/aromatic N) is 1. The summed E-state index contributed by atoms with van der Waals surface area (Å²) < 4.78 is 27.8. The van der Waals surface area contributed by atoms with Gasteiger partial charge in [0.25, 0.3) is 6.43 Å². The molecule has 3 nitrogen and oxygen atoms in total. The Morgan fingerprint density at radius 3 is 2.50 bits per heavy atom. The summed E-state index contributed by atoms with van der Waals surface area (Å²) >= 11 is 0. The van der Waals surface area contributed by atoms with Gasteiger partial charge in [-0.15, -0.1) is 0 Å². The summed E-state index contributed by atoms with van der Waals surface area (Å²) in [6.07, 6.45) is -0.692. The second kappa shape index (κ2) is 7.82. The minimum absolute atomic E-state index is 0.0197. The summed E-state index contributed by atoms with van der Waals surface area (Å²) in [5.74, 6) is -0.0197. The molecule has 0 aromatic heterocycles. The summed E-state index contributed by atoms with van der Waals surface area (Å²) in [5.41, 5.74) is 0. The normalized spacial score (nSPS) is 21.9. The third-order valence-corrected chi connectivity index (χ3v) is 1.90. The van der Waals surface area contributed by atoms with Crippen molar-refractivity contribution in [2.75, 3.05) is 33.9 Å². The number of likely N-dealkylation sites (tertiary alicyclic amines) is 1. The third-order valence-electron chi connectivity index (χ3n) is 1.90. The number of rotatable bonds is 3. The van der Waals surface area contributed by atoms with Gasteiger partial charge >= 0.3 is 0 Å². The van der Waals surface area contributed by atoms with Crippen molar-refractivity contribution >= 4 is 6.29 Å². The van der Waals surface area contributed by atoms with Gasteiger partial charge in [0.2, 0.25) is 0 Å². The Hall–Kier alpha value is -0.550. The highest BCUT2D eigenvalue weighted by atomic mass is 19.3. The number of carbonyl (C=O) groups is 1. The van der Waals surface area contributed by atoms with Crippen LogP contribution in [0.15, 0.2) is 0 Å². The predicted octanol–water partition coefficient (Wildman–Crippen LogP) is 1.03. The van der Waals surface area contributed by atoms with Gasteiger partial charge in [-0.05, 0) is 13.0 Å². The van der Waals surface area contributed by atoms with Crippen molar-refractivity contribution in [2.24, 2.45) is 5.92 Å². The molecule has 0 saturated carbocycles. The van der Waals surface area contributed by atoms with E-state index in [1.807, 2.05) is 0 Å². The summed E-state index contributed by atoms with van der Waals surface area (Å²) in [6.45, 7) is 0.950. The number of halogens is 2. The van der Waals surface area contributed by atoms with Gasteiger partial charge in [-0.25, -0.2) is 8.78 Å². The maximum Gasteiger partial charge on any atom is 0.251 e. The molecule has 5 heteroatoms. The molecule has 1 heterocycles. The average Bonchev–Trinajstić information content (AvgIpc) is 2.52. The summed E-state index contributed by atoms with van der Waals surface area (Å²) in [5, 5.41) is 0. The molecule has 0 aliphatic carbocycles. The first kappa shape index (κ1) is 13.4. The number of alkyl halides is 2. The van der Waals surface area contributed by atoms with Crippen molar-refractivity contribution in [3.05, 3.63) is 0 Å². The molecule has 0 aromatic carbocycles. The van der Waals surface area contributed by atoms with Gasteiger partial charge in [0.15, 0.2) is 0 Å². The fraction of sp³-hybridized carbons (Fsp3) is 0.889. The van der Waals surface area contributed by atoms with Crippen LogP contribution in [0, 0.1) is 5.92 Å². The molecule has 1 unspecified atom stereocenters. The van der Waals surface area contributed by atoms with Crippen LogP contribution in [0.4, 0.5) is 8.78 Å². The molecule has 0 spiro atoms. The maximum absolute atomic E-state index is 11.8. The molecule has 1 rings (SSSR count). The van der Waals surface area contributed by atoms with Crippen LogP contribution in [0.3, 0.4) is 0 Å². The molecule has 14 heavy (non-hydrogen) atoms. The van der Waals surface area contributed by atoms with Crippen molar-refractivity contribution in [3.63, 3.8) is 0 Å². The molecule has 0 radical (unpaired) electrons. The fourth-order valence-electron chi connectivity index (χ4n) is 1.33. The lowest BCUT2D eigenvalue weighted by atomic mass is 10.1. The van der Waals surface area contributed by atoms with Gasteiger partial charge in [-0.1, -0.05) is 0 Å². The molecule has 1 saturated heterocycles. The maximum atomic E-state index is 11.8. The average molecular weight is 209 g/mol. The first-order valence-corrected chi connectivity index (χ1v) is 4.50. The van der Waals surface area contributed by atoms with E-state index in [4.69, 9.17) is 0 Å².